The summed E-state index contributed by atoms with van der Waals surface area (Å²) in [6, 6.07) is 6.01. The summed E-state index contributed by atoms with van der Waals surface area (Å²) in [4.78, 5) is 20.0. The number of carbonyl (C=O) groups is 1. The molecule has 0 fully saturated rings. The first kappa shape index (κ1) is 13.7. The molecule has 0 radical (unpaired) electrons. The first-order valence-electron chi connectivity index (χ1n) is 5.77. The molecule has 98 valence electrons. The third-order valence-electron chi connectivity index (χ3n) is 2.63. The van der Waals surface area contributed by atoms with E-state index in [9.17, 15) is 4.79 Å². The van der Waals surface area contributed by atoms with Gasteiger partial charge in [0, 0.05) is 13.6 Å². The monoisotopic (exact) mass is 291 g/mol. The number of thiophene rings is 1. The summed E-state index contributed by atoms with van der Waals surface area (Å²) in [5.41, 5.74) is 0.752. The Morgan fingerprint density at radius 1 is 1.58 bits per heavy atom. The summed E-state index contributed by atoms with van der Waals surface area (Å²) >= 11 is 3.02. The van der Waals surface area contributed by atoms with E-state index < -0.39 is 0 Å². The van der Waals surface area contributed by atoms with Gasteiger partial charge in [-0.3, -0.25) is 4.79 Å². The minimum absolute atomic E-state index is 0.0620. The van der Waals surface area contributed by atoms with Gasteiger partial charge in [0.05, 0.1) is 23.1 Å². The van der Waals surface area contributed by atoms with Crippen molar-refractivity contribution in [2.45, 2.75) is 13.3 Å². The fraction of sp³-hybridized carbons (Fsp3) is 0.308. The highest BCUT2D eigenvalue weighted by Crippen LogP contribution is 2.31. The van der Waals surface area contributed by atoms with Gasteiger partial charge in [0.1, 0.15) is 9.88 Å². The summed E-state index contributed by atoms with van der Waals surface area (Å²) in [5.74, 6) is -0.0620. The molecule has 0 aliphatic heterocycles. The SMILES string of the molecule is Cc1nc(-c2cccs2)sc1C(=O)N(C)CCC#N. The molecule has 0 aromatic carbocycles. The van der Waals surface area contributed by atoms with E-state index in [1.165, 1.54) is 11.3 Å². The lowest BCUT2D eigenvalue weighted by atomic mass is 10.3. The quantitative estimate of drug-likeness (QED) is 0.869. The number of thiazole rings is 1. The van der Waals surface area contributed by atoms with Crippen molar-refractivity contribution in [3.63, 3.8) is 0 Å². The Bertz CT molecular complexity index is 610. The summed E-state index contributed by atoms with van der Waals surface area (Å²) in [7, 11) is 1.71. The maximum absolute atomic E-state index is 12.2. The fourth-order valence-electron chi connectivity index (χ4n) is 1.59. The molecule has 0 unspecified atom stereocenters. The Labute approximate surface area is 119 Å². The molecule has 0 spiro atoms. The van der Waals surface area contributed by atoms with Gasteiger partial charge in [-0.1, -0.05) is 6.07 Å². The van der Waals surface area contributed by atoms with E-state index in [-0.39, 0.29) is 5.91 Å². The molecule has 0 saturated carbocycles. The second kappa shape index (κ2) is 5.95. The minimum atomic E-state index is -0.0620. The van der Waals surface area contributed by atoms with Gasteiger partial charge in [-0.15, -0.1) is 22.7 Å². The average molecular weight is 291 g/mol. The van der Waals surface area contributed by atoms with E-state index in [0.29, 0.717) is 17.8 Å². The standard InChI is InChI=1S/C13H13N3OS2/c1-9-11(13(17)16(2)7-4-6-14)19-12(15-9)10-5-3-8-18-10/h3,5,8H,4,7H2,1-2H3. The topological polar surface area (TPSA) is 57.0 Å². The highest BCUT2D eigenvalue weighted by molar-refractivity contribution is 7.22. The molecule has 4 nitrogen and oxygen atoms in total. The van der Waals surface area contributed by atoms with E-state index >= 15 is 0 Å². The maximum atomic E-state index is 12.2. The molecule has 19 heavy (non-hydrogen) atoms. The van der Waals surface area contributed by atoms with Crippen molar-refractivity contribution in [1.82, 2.24) is 9.88 Å². The lowest BCUT2D eigenvalue weighted by Crippen LogP contribution is -2.27. The van der Waals surface area contributed by atoms with E-state index in [0.717, 1.165) is 15.6 Å². The molecule has 2 aromatic rings. The first-order valence-corrected chi connectivity index (χ1v) is 7.47. The molecule has 2 rings (SSSR count). The second-order valence-electron chi connectivity index (χ2n) is 4.05. The van der Waals surface area contributed by atoms with Crippen LogP contribution in [0.3, 0.4) is 0 Å². The average Bonchev–Trinajstić information content (AvgIpc) is 3.03. The fourth-order valence-corrected chi connectivity index (χ4v) is 3.45. The van der Waals surface area contributed by atoms with Gasteiger partial charge < -0.3 is 4.90 Å². The van der Waals surface area contributed by atoms with Crippen LogP contribution in [0.4, 0.5) is 0 Å². The first-order chi connectivity index (χ1) is 9.13. The van der Waals surface area contributed by atoms with Gasteiger partial charge in [-0.25, -0.2) is 4.98 Å². The van der Waals surface area contributed by atoms with Crippen molar-refractivity contribution in [3.8, 4) is 16.0 Å². The van der Waals surface area contributed by atoms with Crippen LogP contribution < -0.4 is 0 Å². The molecule has 6 heteroatoms. The van der Waals surface area contributed by atoms with Gasteiger partial charge in [0.2, 0.25) is 0 Å². The number of rotatable bonds is 4. The molecule has 2 heterocycles. The lowest BCUT2D eigenvalue weighted by Gasteiger charge is -2.14. The van der Waals surface area contributed by atoms with Crippen LogP contribution in [0.15, 0.2) is 17.5 Å². The van der Waals surface area contributed by atoms with E-state index in [1.807, 2.05) is 30.5 Å². The predicted molar refractivity (Wildman–Crippen MR) is 77.4 cm³/mol. The van der Waals surface area contributed by atoms with Crippen molar-refractivity contribution in [3.05, 3.63) is 28.1 Å². The van der Waals surface area contributed by atoms with Crippen molar-refractivity contribution >= 4 is 28.6 Å². The van der Waals surface area contributed by atoms with E-state index in [2.05, 4.69) is 4.98 Å². The van der Waals surface area contributed by atoms with Gasteiger partial charge >= 0.3 is 0 Å². The molecule has 0 saturated heterocycles. The Hall–Kier alpha value is -1.71. The van der Waals surface area contributed by atoms with Crippen molar-refractivity contribution in [2.75, 3.05) is 13.6 Å². The Balaban J connectivity index is 2.21. The van der Waals surface area contributed by atoms with Gasteiger partial charge in [0.25, 0.3) is 5.91 Å². The van der Waals surface area contributed by atoms with E-state index in [1.54, 1.807) is 23.3 Å². The van der Waals surface area contributed by atoms with Crippen LogP contribution in [0, 0.1) is 18.3 Å². The zero-order chi connectivity index (χ0) is 13.8. The summed E-state index contributed by atoms with van der Waals surface area (Å²) in [5, 5.41) is 11.4. The van der Waals surface area contributed by atoms with Crippen molar-refractivity contribution in [1.29, 1.82) is 5.26 Å². The summed E-state index contributed by atoms with van der Waals surface area (Å²) in [6.45, 7) is 2.29. The number of aromatic nitrogens is 1. The van der Waals surface area contributed by atoms with Gasteiger partial charge in [0.15, 0.2) is 0 Å². The molecule has 0 aliphatic carbocycles. The zero-order valence-electron chi connectivity index (χ0n) is 10.7. The zero-order valence-corrected chi connectivity index (χ0v) is 12.3. The Kier molecular flexibility index (Phi) is 4.30. The highest BCUT2D eigenvalue weighted by atomic mass is 32.1. The number of carbonyl (C=O) groups excluding carboxylic acids is 1. The second-order valence-corrected chi connectivity index (χ2v) is 5.99. The minimum Gasteiger partial charge on any atom is -0.340 e. The lowest BCUT2D eigenvalue weighted by molar-refractivity contribution is 0.0802. The molecule has 0 bridgehead atoms. The molecule has 0 N–H and O–H groups in total. The van der Waals surface area contributed by atoms with E-state index in [4.69, 9.17) is 5.26 Å². The molecular weight excluding hydrogens is 278 g/mol. The number of nitriles is 1. The summed E-state index contributed by atoms with van der Waals surface area (Å²) < 4.78 is 0. The molecule has 2 aromatic heterocycles. The molecular formula is C13H13N3OS2. The number of hydrogen-bond acceptors (Lipinski definition) is 5. The van der Waals surface area contributed by atoms with Gasteiger partial charge in [-0.2, -0.15) is 5.26 Å². The third-order valence-corrected chi connectivity index (χ3v) is 4.81. The Morgan fingerprint density at radius 3 is 3.00 bits per heavy atom. The van der Waals surface area contributed by atoms with Crippen LogP contribution in [-0.2, 0) is 0 Å². The predicted octanol–water partition coefficient (Wildman–Crippen LogP) is 3.17. The van der Waals surface area contributed by atoms with Crippen LogP contribution in [0.2, 0.25) is 0 Å². The number of amides is 1. The van der Waals surface area contributed by atoms with Crippen LogP contribution in [0.25, 0.3) is 9.88 Å². The number of aryl methyl sites for hydroxylation is 1. The smallest absolute Gasteiger partial charge is 0.265 e. The van der Waals surface area contributed by atoms with Crippen LogP contribution >= 0.6 is 22.7 Å². The number of hydrogen-bond donors (Lipinski definition) is 0. The van der Waals surface area contributed by atoms with Crippen LogP contribution in [-0.4, -0.2) is 29.4 Å². The summed E-state index contributed by atoms with van der Waals surface area (Å²) in [6.07, 6.45) is 0.345. The number of nitrogens with zero attached hydrogens (tertiary/aromatic N) is 3. The normalized spacial score (nSPS) is 10.2. The third kappa shape index (κ3) is 3.00. The van der Waals surface area contributed by atoms with Crippen LogP contribution in [0.5, 0.6) is 0 Å². The maximum Gasteiger partial charge on any atom is 0.265 e. The molecule has 1 amide bonds. The van der Waals surface area contributed by atoms with Gasteiger partial charge in [-0.05, 0) is 18.4 Å². The Morgan fingerprint density at radius 2 is 2.37 bits per heavy atom. The largest absolute Gasteiger partial charge is 0.340 e. The van der Waals surface area contributed by atoms with Crippen molar-refractivity contribution < 1.29 is 4.79 Å². The van der Waals surface area contributed by atoms with Crippen LogP contribution in [0.1, 0.15) is 21.8 Å². The van der Waals surface area contributed by atoms with Crippen molar-refractivity contribution in [2.24, 2.45) is 0 Å². The highest BCUT2D eigenvalue weighted by Gasteiger charge is 2.19. The molecule has 0 atom stereocenters. The molecule has 0 aliphatic rings.